The van der Waals surface area contributed by atoms with Gasteiger partial charge in [-0.25, -0.2) is 0 Å². The fourth-order valence-electron chi connectivity index (χ4n) is 2.83. The number of carbonyl (C=O) groups is 1. The zero-order chi connectivity index (χ0) is 17.4. The maximum Gasteiger partial charge on any atom is 0.246 e. The van der Waals surface area contributed by atoms with Gasteiger partial charge in [0.25, 0.3) is 0 Å². The van der Waals surface area contributed by atoms with Crippen LogP contribution in [-0.4, -0.2) is 68.8 Å². The topological polar surface area (TPSA) is 42.0 Å². The number of hydrogen-bond donors (Lipinski definition) is 0. The number of hydrogen-bond acceptors (Lipinski definition) is 4. The highest BCUT2D eigenvalue weighted by Crippen LogP contribution is 2.26. The predicted molar refractivity (Wildman–Crippen MR) is 95.2 cm³/mol. The zero-order valence-corrected chi connectivity index (χ0v) is 14.9. The molecule has 1 aromatic rings. The van der Waals surface area contributed by atoms with Crippen LogP contribution in [0.4, 0.5) is 0 Å². The number of piperidine rings is 1. The average molecular weight is 332 g/mol. The molecule has 5 heteroatoms. The Morgan fingerprint density at radius 2 is 2.08 bits per heavy atom. The standard InChI is InChI=1S/C19H28N2O3/c1-20(2)13-7-11-18(22)21-14-8-12-19(15-21,23-3)16-24-17-9-5-4-6-10-17/h4-7,9-11H,8,12-16H2,1-3H3/b11-7+/t19-/m0/s1. The molecule has 0 N–H and O–H groups in total. The van der Waals surface area contributed by atoms with E-state index < -0.39 is 5.60 Å². The third-order valence-electron chi connectivity index (χ3n) is 4.26. The van der Waals surface area contributed by atoms with Gasteiger partial charge in [-0.2, -0.15) is 0 Å². The Hall–Kier alpha value is -1.85. The molecule has 1 fully saturated rings. The van der Waals surface area contributed by atoms with Crippen molar-refractivity contribution < 1.29 is 14.3 Å². The van der Waals surface area contributed by atoms with E-state index in [9.17, 15) is 4.79 Å². The quantitative estimate of drug-likeness (QED) is 0.718. The fourth-order valence-corrected chi connectivity index (χ4v) is 2.83. The summed E-state index contributed by atoms with van der Waals surface area (Å²) in [6, 6.07) is 9.71. The van der Waals surface area contributed by atoms with Gasteiger partial charge in [-0.05, 0) is 39.1 Å². The summed E-state index contributed by atoms with van der Waals surface area (Å²) in [4.78, 5) is 16.3. The predicted octanol–water partition coefficient (Wildman–Crippen LogP) is 2.19. The normalized spacial score (nSPS) is 21.4. The number of benzene rings is 1. The van der Waals surface area contributed by atoms with Crippen molar-refractivity contribution in [3.63, 3.8) is 0 Å². The number of methoxy groups -OCH3 is 1. The van der Waals surface area contributed by atoms with Crippen molar-refractivity contribution in [3.05, 3.63) is 42.5 Å². The van der Waals surface area contributed by atoms with Crippen LogP contribution in [0.15, 0.2) is 42.5 Å². The highest BCUT2D eigenvalue weighted by atomic mass is 16.5. The van der Waals surface area contributed by atoms with Crippen molar-refractivity contribution >= 4 is 5.91 Å². The van der Waals surface area contributed by atoms with Crippen molar-refractivity contribution in [3.8, 4) is 5.75 Å². The smallest absolute Gasteiger partial charge is 0.246 e. The van der Waals surface area contributed by atoms with Crippen LogP contribution in [0.25, 0.3) is 0 Å². The number of ether oxygens (including phenoxy) is 2. The molecule has 2 rings (SSSR count). The summed E-state index contributed by atoms with van der Waals surface area (Å²) < 4.78 is 11.7. The van der Waals surface area contributed by atoms with E-state index in [1.165, 1.54) is 0 Å². The molecular weight excluding hydrogens is 304 g/mol. The van der Waals surface area contributed by atoms with Gasteiger partial charge < -0.3 is 19.3 Å². The van der Waals surface area contributed by atoms with E-state index in [2.05, 4.69) is 0 Å². The highest BCUT2D eigenvalue weighted by Gasteiger charge is 2.37. The minimum absolute atomic E-state index is 0.0395. The van der Waals surface area contributed by atoms with Gasteiger partial charge in [0.05, 0.1) is 6.54 Å². The van der Waals surface area contributed by atoms with Crippen LogP contribution in [0, 0.1) is 0 Å². The zero-order valence-electron chi connectivity index (χ0n) is 14.9. The first kappa shape index (κ1) is 18.5. The molecule has 0 saturated carbocycles. The first-order chi connectivity index (χ1) is 11.5. The number of likely N-dealkylation sites (N-methyl/N-ethyl adjacent to an activating group) is 1. The van der Waals surface area contributed by atoms with Gasteiger partial charge in [-0.1, -0.05) is 24.3 Å². The van der Waals surface area contributed by atoms with Crippen LogP contribution in [0.5, 0.6) is 5.75 Å². The number of likely N-dealkylation sites (tertiary alicyclic amines) is 1. The van der Waals surface area contributed by atoms with Gasteiger partial charge in [0, 0.05) is 26.3 Å². The summed E-state index contributed by atoms with van der Waals surface area (Å²) in [6.45, 7) is 2.52. The molecule has 0 aromatic heterocycles. The monoisotopic (exact) mass is 332 g/mol. The van der Waals surface area contributed by atoms with E-state index in [0.717, 1.165) is 31.7 Å². The third-order valence-corrected chi connectivity index (χ3v) is 4.26. The van der Waals surface area contributed by atoms with Crippen LogP contribution >= 0.6 is 0 Å². The van der Waals surface area contributed by atoms with Crippen molar-refractivity contribution in [1.82, 2.24) is 9.80 Å². The SMILES string of the molecule is CO[C@@]1(COc2ccccc2)CCCN(C(=O)/C=C/CN(C)C)C1. The minimum atomic E-state index is -0.445. The fraction of sp³-hybridized carbons (Fsp3) is 0.526. The van der Waals surface area contributed by atoms with Gasteiger partial charge in [-0.3, -0.25) is 4.79 Å². The van der Waals surface area contributed by atoms with E-state index in [0.29, 0.717) is 13.2 Å². The van der Waals surface area contributed by atoms with Crippen LogP contribution in [-0.2, 0) is 9.53 Å². The lowest BCUT2D eigenvalue weighted by Gasteiger charge is -2.41. The van der Waals surface area contributed by atoms with Crippen molar-refractivity contribution in [2.45, 2.75) is 18.4 Å². The maximum atomic E-state index is 12.4. The Morgan fingerprint density at radius 3 is 2.75 bits per heavy atom. The van der Waals surface area contributed by atoms with Gasteiger partial charge in [0.2, 0.25) is 5.91 Å². The first-order valence-corrected chi connectivity index (χ1v) is 8.38. The van der Waals surface area contributed by atoms with Crippen LogP contribution < -0.4 is 4.74 Å². The Labute approximate surface area is 144 Å². The number of rotatable bonds is 7. The van der Waals surface area contributed by atoms with E-state index in [4.69, 9.17) is 9.47 Å². The molecule has 0 radical (unpaired) electrons. The number of para-hydroxylation sites is 1. The molecule has 0 aliphatic carbocycles. The molecule has 1 saturated heterocycles. The molecule has 1 amide bonds. The second kappa shape index (κ2) is 8.85. The van der Waals surface area contributed by atoms with Crippen molar-refractivity contribution in [2.75, 3.05) is 47.4 Å². The van der Waals surface area contributed by atoms with E-state index >= 15 is 0 Å². The molecule has 132 valence electrons. The Balaban J connectivity index is 1.95. The van der Waals surface area contributed by atoms with Gasteiger partial charge in [0.15, 0.2) is 0 Å². The van der Waals surface area contributed by atoms with Crippen molar-refractivity contribution in [2.24, 2.45) is 0 Å². The maximum absolute atomic E-state index is 12.4. The van der Waals surface area contributed by atoms with Crippen LogP contribution in [0.3, 0.4) is 0 Å². The van der Waals surface area contributed by atoms with Gasteiger partial charge >= 0.3 is 0 Å². The second-order valence-electron chi connectivity index (χ2n) is 6.52. The van der Waals surface area contributed by atoms with Crippen molar-refractivity contribution in [1.29, 1.82) is 0 Å². The third kappa shape index (κ3) is 5.35. The molecule has 1 aromatic carbocycles. The molecule has 5 nitrogen and oxygen atoms in total. The molecule has 1 aliphatic rings. The van der Waals surface area contributed by atoms with E-state index in [1.54, 1.807) is 13.2 Å². The van der Waals surface area contributed by atoms with E-state index in [-0.39, 0.29) is 5.91 Å². The summed E-state index contributed by atoms with van der Waals surface area (Å²) in [6.07, 6.45) is 5.36. The average Bonchev–Trinajstić information content (AvgIpc) is 2.60. The Morgan fingerprint density at radius 1 is 1.33 bits per heavy atom. The molecule has 0 spiro atoms. The summed E-state index contributed by atoms with van der Waals surface area (Å²) in [5.74, 6) is 0.862. The summed E-state index contributed by atoms with van der Waals surface area (Å²) >= 11 is 0. The van der Waals surface area contributed by atoms with E-state index in [1.807, 2.05) is 60.3 Å². The summed E-state index contributed by atoms with van der Waals surface area (Å²) in [5.41, 5.74) is -0.445. The van der Waals surface area contributed by atoms with Gasteiger partial charge in [-0.15, -0.1) is 0 Å². The van der Waals surface area contributed by atoms with Crippen LogP contribution in [0.1, 0.15) is 12.8 Å². The molecule has 0 bridgehead atoms. The number of amides is 1. The molecule has 1 heterocycles. The molecule has 1 aliphatic heterocycles. The Bertz CT molecular complexity index is 545. The minimum Gasteiger partial charge on any atom is -0.491 e. The molecule has 0 unspecified atom stereocenters. The molecular formula is C19H28N2O3. The lowest BCUT2D eigenvalue weighted by Crippen LogP contribution is -2.54. The molecule has 1 atom stereocenters. The second-order valence-corrected chi connectivity index (χ2v) is 6.52. The number of nitrogens with zero attached hydrogens (tertiary/aromatic N) is 2. The molecule has 24 heavy (non-hydrogen) atoms. The highest BCUT2D eigenvalue weighted by molar-refractivity contribution is 5.87. The summed E-state index contributed by atoms with van der Waals surface area (Å²) in [5, 5.41) is 0. The number of carbonyl (C=O) groups excluding carboxylic acids is 1. The van der Waals surface area contributed by atoms with Gasteiger partial charge in [0.1, 0.15) is 18.0 Å². The first-order valence-electron chi connectivity index (χ1n) is 8.38. The summed E-state index contributed by atoms with van der Waals surface area (Å²) in [7, 11) is 5.66. The largest absolute Gasteiger partial charge is 0.491 e. The lowest BCUT2D eigenvalue weighted by molar-refractivity contribution is -0.138. The Kier molecular flexibility index (Phi) is 6.82. The lowest BCUT2D eigenvalue weighted by atomic mass is 9.93. The van der Waals surface area contributed by atoms with Crippen LogP contribution in [0.2, 0.25) is 0 Å².